The number of rotatable bonds is 10. The third kappa shape index (κ3) is 6.26. The summed E-state index contributed by atoms with van der Waals surface area (Å²) in [6, 6.07) is 13.2. The topological polar surface area (TPSA) is 109 Å². The summed E-state index contributed by atoms with van der Waals surface area (Å²) in [5, 5.41) is 18.2. The molecule has 1 aromatic heterocycles. The Hall–Kier alpha value is -3.98. The summed E-state index contributed by atoms with van der Waals surface area (Å²) in [5.41, 5.74) is 1.51. The first-order chi connectivity index (χ1) is 15.5. The molecular weight excluding hydrogens is 412 g/mol. The molecule has 0 unspecified atom stereocenters. The lowest BCUT2D eigenvalue weighted by atomic mass is 10.1. The zero-order valence-electron chi connectivity index (χ0n) is 17.9. The highest BCUT2D eigenvalue weighted by Crippen LogP contribution is 2.23. The number of anilines is 1. The lowest BCUT2D eigenvalue weighted by Gasteiger charge is -2.10. The van der Waals surface area contributed by atoms with Gasteiger partial charge in [0.05, 0.1) is 17.1 Å². The molecule has 0 bridgehead atoms. The van der Waals surface area contributed by atoms with Gasteiger partial charge in [0.25, 0.3) is 11.6 Å². The van der Waals surface area contributed by atoms with Crippen molar-refractivity contribution in [3.8, 4) is 5.75 Å². The second-order valence-corrected chi connectivity index (χ2v) is 6.96. The van der Waals surface area contributed by atoms with E-state index in [-0.39, 0.29) is 11.6 Å². The zero-order chi connectivity index (χ0) is 22.9. The number of amides is 1. The molecule has 0 fully saturated rings. The van der Waals surface area contributed by atoms with Crippen molar-refractivity contribution in [3.05, 3.63) is 81.5 Å². The monoisotopic (exact) mass is 436 g/mol. The van der Waals surface area contributed by atoms with E-state index >= 15 is 0 Å². The van der Waals surface area contributed by atoms with E-state index in [2.05, 4.69) is 10.4 Å². The maximum Gasteiger partial charge on any atom is 0.276 e. The Kier molecular flexibility index (Phi) is 7.71. The fourth-order valence-electron chi connectivity index (χ4n) is 2.98. The summed E-state index contributed by atoms with van der Waals surface area (Å²) in [6.45, 7) is 0.983. The van der Waals surface area contributed by atoms with Gasteiger partial charge in [-0.1, -0.05) is 18.2 Å². The minimum atomic E-state index is -0.430. The molecule has 0 atom stereocenters. The quantitative estimate of drug-likeness (QED) is 0.221. The van der Waals surface area contributed by atoms with Crippen LogP contribution >= 0.6 is 0 Å². The molecule has 0 saturated carbocycles. The van der Waals surface area contributed by atoms with Crippen molar-refractivity contribution in [2.24, 2.45) is 7.05 Å². The molecule has 0 saturated heterocycles. The SMILES string of the molecule is COCCCOc1cc(/C=C/c2ccccc2[N+](=O)[O-])cc(C(=O)Nc2ccn(C)n2)c1. The first-order valence-electron chi connectivity index (χ1n) is 9.95. The summed E-state index contributed by atoms with van der Waals surface area (Å²) in [7, 11) is 3.38. The number of aryl methyl sites for hydroxylation is 1. The van der Waals surface area contributed by atoms with E-state index in [1.807, 2.05) is 0 Å². The first-order valence-corrected chi connectivity index (χ1v) is 9.95. The average molecular weight is 436 g/mol. The lowest BCUT2D eigenvalue weighted by Crippen LogP contribution is -2.13. The Balaban J connectivity index is 1.87. The Morgan fingerprint density at radius 3 is 2.72 bits per heavy atom. The molecule has 0 aliphatic rings. The van der Waals surface area contributed by atoms with Gasteiger partial charge in [-0.2, -0.15) is 5.10 Å². The number of para-hydroxylation sites is 1. The van der Waals surface area contributed by atoms with Crippen LogP contribution in [0.15, 0.2) is 54.7 Å². The minimum Gasteiger partial charge on any atom is -0.493 e. The molecule has 9 nitrogen and oxygen atoms in total. The Morgan fingerprint density at radius 2 is 2.00 bits per heavy atom. The van der Waals surface area contributed by atoms with Crippen LogP contribution in [0.4, 0.5) is 11.5 Å². The van der Waals surface area contributed by atoms with E-state index in [4.69, 9.17) is 9.47 Å². The van der Waals surface area contributed by atoms with E-state index in [9.17, 15) is 14.9 Å². The van der Waals surface area contributed by atoms with Gasteiger partial charge >= 0.3 is 0 Å². The molecule has 3 aromatic rings. The van der Waals surface area contributed by atoms with Gasteiger partial charge in [0, 0.05) is 51.1 Å². The van der Waals surface area contributed by atoms with Crippen LogP contribution in [0, 0.1) is 10.1 Å². The van der Waals surface area contributed by atoms with Crippen molar-refractivity contribution in [2.45, 2.75) is 6.42 Å². The molecule has 0 aliphatic heterocycles. The predicted molar refractivity (Wildman–Crippen MR) is 122 cm³/mol. The van der Waals surface area contributed by atoms with E-state index in [1.165, 1.54) is 6.07 Å². The molecule has 0 radical (unpaired) electrons. The van der Waals surface area contributed by atoms with E-state index in [0.29, 0.717) is 47.9 Å². The summed E-state index contributed by atoms with van der Waals surface area (Å²) in [6.07, 6.45) is 5.78. The summed E-state index contributed by atoms with van der Waals surface area (Å²) in [5.74, 6) is 0.601. The van der Waals surface area contributed by atoms with Gasteiger partial charge < -0.3 is 14.8 Å². The van der Waals surface area contributed by atoms with Crippen LogP contribution < -0.4 is 10.1 Å². The fraction of sp³-hybridized carbons (Fsp3) is 0.217. The molecule has 0 aliphatic carbocycles. The van der Waals surface area contributed by atoms with Crippen molar-refractivity contribution < 1.29 is 19.2 Å². The first kappa shape index (κ1) is 22.7. The smallest absolute Gasteiger partial charge is 0.276 e. The highest BCUT2D eigenvalue weighted by Gasteiger charge is 2.12. The third-order valence-corrected chi connectivity index (χ3v) is 4.50. The second kappa shape index (κ2) is 10.9. The Bertz CT molecular complexity index is 1120. The highest BCUT2D eigenvalue weighted by atomic mass is 16.6. The molecular formula is C23H24N4O5. The number of hydrogen-bond acceptors (Lipinski definition) is 6. The van der Waals surface area contributed by atoms with E-state index < -0.39 is 4.92 Å². The van der Waals surface area contributed by atoms with E-state index in [1.54, 1.807) is 79.7 Å². The molecule has 32 heavy (non-hydrogen) atoms. The zero-order valence-corrected chi connectivity index (χ0v) is 17.9. The molecule has 1 amide bonds. The molecule has 2 aromatic carbocycles. The number of nitro benzene ring substituents is 1. The van der Waals surface area contributed by atoms with Crippen LogP contribution in [0.25, 0.3) is 12.2 Å². The van der Waals surface area contributed by atoms with E-state index in [0.717, 1.165) is 0 Å². The maximum absolute atomic E-state index is 12.8. The number of nitrogens with one attached hydrogen (secondary N) is 1. The Labute approximate surface area is 185 Å². The fourth-order valence-corrected chi connectivity index (χ4v) is 2.98. The predicted octanol–water partition coefficient (Wildman–Crippen LogP) is 4.17. The van der Waals surface area contributed by atoms with Gasteiger partial charge in [-0.3, -0.25) is 19.6 Å². The summed E-state index contributed by atoms with van der Waals surface area (Å²) < 4.78 is 12.4. The summed E-state index contributed by atoms with van der Waals surface area (Å²) >= 11 is 0. The number of aromatic nitrogens is 2. The molecule has 0 spiro atoms. The lowest BCUT2D eigenvalue weighted by molar-refractivity contribution is -0.385. The number of nitro groups is 1. The minimum absolute atomic E-state index is 0.00355. The number of ether oxygens (including phenoxy) is 2. The number of methoxy groups -OCH3 is 1. The average Bonchev–Trinajstić information content (AvgIpc) is 3.19. The third-order valence-electron chi connectivity index (χ3n) is 4.50. The number of benzene rings is 2. The normalized spacial score (nSPS) is 10.9. The van der Waals surface area contributed by atoms with Crippen molar-refractivity contribution in [3.63, 3.8) is 0 Å². The highest BCUT2D eigenvalue weighted by molar-refractivity contribution is 6.04. The maximum atomic E-state index is 12.8. The standard InChI is InChI=1S/C23H24N4O5/c1-26-11-10-22(25-26)24-23(28)19-14-17(15-20(16-19)32-13-5-12-31-2)8-9-18-6-3-4-7-21(18)27(29)30/h3-4,6-11,14-16H,5,12-13H2,1-2H3,(H,24,25,28)/b9-8+. The van der Waals surface area contributed by atoms with Gasteiger partial charge in [0.2, 0.25) is 0 Å². The van der Waals surface area contributed by atoms with Crippen LogP contribution in [0.1, 0.15) is 27.9 Å². The number of carbonyl (C=O) groups is 1. The molecule has 1 N–H and O–H groups in total. The van der Waals surface area contributed by atoms with Crippen LogP contribution in [-0.4, -0.2) is 40.9 Å². The Morgan fingerprint density at radius 1 is 1.19 bits per heavy atom. The van der Waals surface area contributed by atoms with Crippen molar-refractivity contribution >= 4 is 29.6 Å². The van der Waals surface area contributed by atoms with Crippen LogP contribution in [0.3, 0.4) is 0 Å². The van der Waals surface area contributed by atoms with Crippen LogP contribution in [0.2, 0.25) is 0 Å². The molecule has 9 heteroatoms. The molecule has 1 heterocycles. The number of nitrogens with zero attached hydrogens (tertiary/aromatic N) is 3. The van der Waals surface area contributed by atoms with Crippen LogP contribution in [0.5, 0.6) is 5.75 Å². The van der Waals surface area contributed by atoms with Gasteiger partial charge in [0.15, 0.2) is 5.82 Å². The van der Waals surface area contributed by atoms with Crippen molar-refractivity contribution in [2.75, 3.05) is 25.6 Å². The van der Waals surface area contributed by atoms with Crippen molar-refractivity contribution in [1.29, 1.82) is 0 Å². The van der Waals surface area contributed by atoms with Gasteiger partial charge in [0.1, 0.15) is 5.75 Å². The van der Waals surface area contributed by atoms with Crippen LogP contribution in [-0.2, 0) is 11.8 Å². The summed E-state index contributed by atoms with van der Waals surface area (Å²) in [4.78, 5) is 23.6. The number of carbonyl (C=O) groups excluding carboxylic acids is 1. The van der Waals surface area contributed by atoms with Gasteiger partial charge in [-0.15, -0.1) is 0 Å². The largest absolute Gasteiger partial charge is 0.493 e. The number of hydrogen-bond donors (Lipinski definition) is 1. The molecule has 166 valence electrons. The van der Waals surface area contributed by atoms with Gasteiger partial charge in [-0.05, 0) is 35.9 Å². The molecule has 3 rings (SSSR count). The van der Waals surface area contributed by atoms with Gasteiger partial charge in [-0.25, -0.2) is 0 Å². The van der Waals surface area contributed by atoms with Crippen molar-refractivity contribution in [1.82, 2.24) is 9.78 Å². The second-order valence-electron chi connectivity index (χ2n) is 6.96.